The second kappa shape index (κ2) is 7.04. The molecule has 0 fully saturated rings. The van der Waals surface area contributed by atoms with E-state index in [1.807, 2.05) is 7.05 Å². The highest BCUT2D eigenvalue weighted by Gasteiger charge is 2.11. The van der Waals surface area contributed by atoms with Gasteiger partial charge in [-0.1, -0.05) is 6.07 Å². The first-order valence-corrected chi connectivity index (χ1v) is 6.99. The predicted molar refractivity (Wildman–Crippen MR) is 81.7 cm³/mol. The van der Waals surface area contributed by atoms with Crippen molar-refractivity contribution in [1.29, 1.82) is 0 Å². The van der Waals surface area contributed by atoms with Crippen LogP contribution in [0.5, 0.6) is 0 Å². The molecule has 0 aliphatic heterocycles. The second-order valence-corrected chi connectivity index (χ2v) is 5.64. The van der Waals surface area contributed by atoms with Crippen molar-refractivity contribution in [3.63, 3.8) is 0 Å². The number of nitrogens with two attached hydrogens (primary N) is 1. The lowest BCUT2D eigenvalue weighted by molar-refractivity contribution is 0.133. The van der Waals surface area contributed by atoms with E-state index in [4.69, 9.17) is 5.73 Å². The van der Waals surface area contributed by atoms with Gasteiger partial charge in [0.2, 0.25) is 0 Å². The summed E-state index contributed by atoms with van der Waals surface area (Å²) in [6, 6.07) is 2.26. The molecule has 1 unspecified atom stereocenters. The van der Waals surface area contributed by atoms with Crippen molar-refractivity contribution in [2.24, 2.45) is 5.73 Å². The maximum absolute atomic E-state index is 9.56. The second-order valence-electron chi connectivity index (χ2n) is 5.64. The minimum Gasteiger partial charge on any atom is -0.390 e. The summed E-state index contributed by atoms with van der Waals surface area (Å²) in [6.07, 6.45) is 0.597. The lowest BCUT2D eigenvalue weighted by Crippen LogP contribution is -2.35. The molecular formula is C16H28N2O. The molecule has 0 aliphatic carbocycles. The number of nitrogens with zero attached hydrogens (tertiary/aromatic N) is 1. The number of aliphatic hydroxyl groups excluding tert-OH is 1. The van der Waals surface area contributed by atoms with Crippen LogP contribution < -0.4 is 5.73 Å². The fourth-order valence-corrected chi connectivity index (χ4v) is 2.50. The Morgan fingerprint density at radius 1 is 1.16 bits per heavy atom. The summed E-state index contributed by atoms with van der Waals surface area (Å²) in [5, 5.41) is 9.56. The van der Waals surface area contributed by atoms with Gasteiger partial charge >= 0.3 is 0 Å². The van der Waals surface area contributed by atoms with Gasteiger partial charge in [-0.15, -0.1) is 0 Å². The quantitative estimate of drug-likeness (QED) is 0.822. The summed E-state index contributed by atoms with van der Waals surface area (Å²) in [5.41, 5.74) is 12.4. The van der Waals surface area contributed by atoms with Crippen molar-refractivity contribution >= 4 is 0 Å². The maximum Gasteiger partial charge on any atom is 0.0788 e. The van der Waals surface area contributed by atoms with Crippen LogP contribution in [0.15, 0.2) is 6.07 Å². The van der Waals surface area contributed by atoms with E-state index in [2.05, 4.69) is 38.7 Å². The average Bonchev–Trinajstić information content (AvgIpc) is 2.36. The molecule has 108 valence electrons. The molecule has 3 N–H and O–H groups in total. The molecule has 3 heteroatoms. The lowest BCUT2D eigenvalue weighted by Gasteiger charge is -2.22. The molecule has 1 aromatic rings. The van der Waals surface area contributed by atoms with Gasteiger partial charge < -0.3 is 15.7 Å². The molecule has 3 nitrogen and oxygen atoms in total. The first kappa shape index (κ1) is 16.2. The Kier molecular flexibility index (Phi) is 5.98. The van der Waals surface area contributed by atoms with Crippen LogP contribution in [-0.2, 0) is 6.42 Å². The van der Waals surface area contributed by atoms with Crippen molar-refractivity contribution in [3.05, 3.63) is 33.9 Å². The molecule has 0 aromatic heterocycles. The Morgan fingerprint density at radius 3 is 2.16 bits per heavy atom. The molecule has 0 amide bonds. The van der Waals surface area contributed by atoms with E-state index < -0.39 is 6.10 Å². The van der Waals surface area contributed by atoms with Crippen molar-refractivity contribution in [2.75, 3.05) is 26.7 Å². The van der Waals surface area contributed by atoms with Crippen LogP contribution in [0.1, 0.15) is 27.8 Å². The Bertz CT molecular complexity index is 403. The van der Waals surface area contributed by atoms with Gasteiger partial charge in [-0.3, -0.25) is 0 Å². The first-order chi connectivity index (χ1) is 8.86. The Balaban J connectivity index is 2.73. The number of hydrogen-bond donors (Lipinski definition) is 2. The highest BCUT2D eigenvalue weighted by Crippen LogP contribution is 2.22. The minimum atomic E-state index is -0.425. The van der Waals surface area contributed by atoms with Crippen LogP contribution in [0.4, 0.5) is 0 Å². The number of benzene rings is 1. The molecule has 19 heavy (non-hydrogen) atoms. The number of likely N-dealkylation sites (N-methyl/N-ethyl adjacent to an activating group) is 1. The topological polar surface area (TPSA) is 49.5 Å². The highest BCUT2D eigenvalue weighted by molar-refractivity contribution is 5.44. The van der Waals surface area contributed by atoms with Gasteiger partial charge in [0.05, 0.1) is 6.10 Å². The van der Waals surface area contributed by atoms with Gasteiger partial charge in [0, 0.05) is 19.6 Å². The minimum absolute atomic E-state index is 0.325. The van der Waals surface area contributed by atoms with Gasteiger partial charge in [-0.05, 0) is 69.0 Å². The standard InChI is InChI=1S/C16H28N2O/c1-11-8-12(2)14(4)16(13(11)3)6-7-18(5)10-15(19)9-17/h8,15,19H,6-7,9-10,17H2,1-5H3. The third-order valence-corrected chi connectivity index (χ3v) is 4.06. The van der Waals surface area contributed by atoms with Crippen molar-refractivity contribution < 1.29 is 5.11 Å². The number of aliphatic hydroxyl groups is 1. The molecule has 0 aliphatic rings. The molecule has 1 rings (SSSR count). The van der Waals surface area contributed by atoms with Crippen LogP contribution in [-0.4, -0.2) is 42.8 Å². The van der Waals surface area contributed by atoms with Crippen LogP contribution >= 0.6 is 0 Å². The fraction of sp³-hybridized carbons (Fsp3) is 0.625. The molecule has 0 radical (unpaired) electrons. The molecular weight excluding hydrogens is 236 g/mol. The van der Waals surface area contributed by atoms with Gasteiger partial charge in [-0.25, -0.2) is 0 Å². The van der Waals surface area contributed by atoms with Crippen molar-refractivity contribution in [1.82, 2.24) is 4.90 Å². The van der Waals surface area contributed by atoms with Crippen molar-refractivity contribution in [2.45, 2.75) is 40.2 Å². The van der Waals surface area contributed by atoms with Crippen LogP contribution in [0.3, 0.4) is 0 Å². The Labute approximate surface area is 117 Å². The maximum atomic E-state index is 9.56. The van der Waals surface area contributed by atoms with Crippen LogP contribution in [0, 0.1) is 27.7 Å². The van der Waals surface area contributed by atoms with E-state index in [9.17, 15) is 5.11 Å². The largest absolute Gasteiger partial charge is 0.390 e. The van der Waals surface area contributed by atoms with E-state index in [-0.39, 0.29) is 0 Å². The summed E-state index contributed by atoms with van der Waals surface area (Å²) >= 11 is 0. The van der Waals surface area contributed by atoms with Gasteiger partial charge in [-0.2, -0.15) is 0 Å². The zero-order chi connectivity index (χ0) is 14.6. The van der Waals surface area contributed by atoms with E-state index in [1.54, 1.807) is 0 Å². The van der Waals surface area contributed by atoms with Crippen molar-refractivity contribution in [3.8, 4) is 0 Å². The average molecular weight is 264 g/mol. The SMILES string of the molecule is Cc1cc(C)c(C)c(CCN(C)CC(O)CN)c1C. The summed E-state index contributed by atoms with van der Waals surface area (Å²) in [7, 11) is 2.03. The van der Waals surface area contributed by atoms with Crippen LogP contribution in [0.25, 0.3) is 0 Å². The molecule has 0 bridgehead atoms. The molecule has 1 atom stereocenters. The van der Waals surface area contributed by atoms with Crippen LogP contribution in [0.2, 0.25) is 0 Å². The molecule has 0 saturated heterocycles. The Morgan fingerprint density at radius 2 is 1.68 bits per heavy atom. The normalized spacial score (nSPS) is 13.1. The zero-order valence-electron chi connectivity index (χ0n) is 13.0. The molecule has 1 aromatic carbocycles. The summed E-state index contributed by atoms with van der Waals surface area (Å²) in [6.45, 7) is 10.7. The predicted octanol–water partition coefficient (Wildman–Crippen LogP) is 1.71. The lowest BCUT2D eigenvalue weighted by atomic mass is 9.92. The first-order valence-electron chi connectivity index (χ1n) is 6.99. The van der Waals surface area contributed by atoms with E-state index in [0.717, 1.165) is 13.0 Å². The Hall–Kier alpha value is -0.900. The summed E-state index contributed by atoms with van der Waals surface area (Å²) in [5.74, 6) is 0. The summed E-state index contributed by atoms with van der Waals surface area (Å²) in [4.78, 5) is 2.15. The summed E-state index contributed by atoms with van der Waals surface area (Å²) < 4.78 is 0. The zero-order valence-corrected chi connectivity index (χ0v) is 13.0. The molecule has 0 heterocycles. The van der Waals surface area contributed by atoms with Gasteiger partial charge in [0.1, 0.15) is 0 Å². The number of hydrogen-bond acceptors (Lipinski definition) is 3. The third-order valence-electron chi connectivity index (χ3n) is 4.06. The number of rotatable bonds is 6. The van der Waals surface area contributed by atoms with Gasteiger partial charge in [0.25, 0.3) is 0 Å². The smallest absolute Gasteiger partial charge is 0.0788 e. The molecule has 0 saturated carbocycles. The fourth-order valence-electron chi connectivity index (χ4n) is 2.50. The van der Waals surface area contributed by atoms with Gasteiger partial charge in [0.15, 0.2) is 0 Å². The van der Waals surface area contributed by atoms with E-state index >= 15 is 0 Å². The van der Waals surface area contributed by atoms with E-state index in [0.29, 0.717) is 13.1 Å². The monoisotopic (exact) mass is 264 g/mol. The molecule has 0 spiro atoms. The number of aryl methyl sites for hydroxylation is 2. The van der Waals surface area contributed by atoms with E-state index in [1.165, 1.54) is 27.8 Å². The highest BCUT2D eigenvalue weighted by atomic mass is 16.3. The third kappa shape index (κ3) is 4.30.